The van der Waals surface area contributed by atoms with Crippen LogP contribution in [0, 0.1) is 5.82 Å². The van der Waals surface area contributed by atoms with Crippen molar-refractivity contribution in [3.8, 4) is 11.5 Å². The topological polar surface area (TPSA) is 82.5 Å². The van der Waals surface area contributed by atoms with Gasteiger partial charge in [0.05, 0.1) is 6.54 Å². The lowest BCUT2D eigenvalue weighted by molar-refractivity contribution is 0.102. The molecule has 0 aliphatic carbocycles. The molecule has 0 fully saturated rings. The molecule has 8 heteroatoms. The maximum atomic E-state index is 13.3. The zero-order valence-electron chi connectivity index (χ0n) is 14.7. The van der Waals surface area contributed by atoms with Gasteiger partial charge >= 0.3 is 0 Å². The van der Waals surface area contributed by atoms with E-state index in [9.17, 15) is 14.0 Å². The van der Waals surface area contributed by atoms with Crippen LogP contribution in [0.2, 0.25) is 0 Å². The first-order valence-electron chi connectivity index (χ1n) is 8.62. The van der Waals surface area contributed by atoms with Crippen LogP contribution in [0.15, 0.2) is 59.4 Å². The van der Waals surface area contributed by atoms with Crippen LogP contribution in [-0.2, 0) is 6.54 Å². The summed E-state index contributed by atoms with van der Waals surface area (Å²) in [4.78, 5) is 24.6. The van der Waals surface area contributed by atoms with Gasteiger partial charge in [0.15, 0.2) is 11.5 Å². The van der Waals surface area contributed by atoms with Gasteiger partial charge in [0, 0.05) is 17.8 Å². The third-order valence-electron chi connectivity index (χ3n) is 4.12. The van der Waals surface area contributed by atoms with Crippen LogP contribution in [-0.4, -0.2) is 28.9 Å². The smallest absolute Gasteiger partial charge is 0.276 e. The van der Waals surface area contributed by atoms with Crippen molar-refractivity contribution in [1.29, 1.82) is 0 Å². The molecule has 0 unspecified atom stereocenters. The zero-order chi connectivity index (χ0) is 19.5. The number of nitrogens with one attached hydrogen (secondary N) is 1. The van der Waals surface area contributed by atoms with E-state index in [1.54, 1.807) is 30.3 Å². The Bertz CT molecular complexity index is 1100. The molecule has 0 saturated heterocycles. The van der Waals surface area contributed by atoms with Gasteiger partial charge < -0.3 is 14.8 Å². The normalized spacial score (nSPS) is 12.5. The molecule has 4 rings (SSSR count). The van der Waals surface area contributed by atoms with E-state index in [0.29, 0.717) is 36.0 Å². The minimum absolute atomic E-state index is 0.0573. The Hall–Kier alpha value is -3.68. The molecule has 0 spiro atoms. The number of rotatable bonds is 4. The molecule has 0 radical (unpaired) electrons. The summed E-state index contributed by atoms with van der Waals surface area (Å²) in [6.07, 6.45) is 0. The molecule has 2 aromatic carbocycles. The highest BCUT2D eigenvalue weighted by atomic mass is 19.1. The van der Waals surface area contributed by atoms with Crippen LogP contribution in [0.3, 0.4) is 0 Å². The standard InChI is InChI=1S/C20H16FN3O4/c21-14-3-1-2-13(10-14)12-24-19(25)7-5-16(23-24)20(26)22-15-4-6-17-18(11-15)28-9-8-27-17/h1-7,10-11H,8-9,12H2,(H,22,26). The number of fused-ring (bicyclic) bond motifs is 1. The summed E-state index contributed by atoms with van der Waals surface area (Å²) in [5, 5.41) is 6.81. The van der Waals surface area contributed by atoms with Crippen molar-refractivity contribution in [1.82, 2.24) is 9.78 Å². The van der Waals surface area contributed by atoms with E-state index in [1.165, 1.54) is 24.3 Å². The van der Waals surface area contributed by atoms with E-state index >= 15 is 0 Å². The summed E-state index contributed by atoms with van der Waals surface area (Å²) >= 11 is 0. The Morgan fingerprint density at radius 2 is 1.89 bits per heavy atom. The highest BCUT2D eigenvalue weighted by Crippen LogP contribution is 2.32. The summed E-state index contributed by atoms with van der Waals surface area (Å²) in [5.41, 5.74) is 0.754. The first-order valence-corrected chi connectivity index (χ1v) is 8.62. The molecule has 1 N–H and O–H groups in total. The minimum atomic E-state index is -0.482. The van der Waals surface area contributed by atoms with Crippen LogP contribution in [0.1, 0.15) is 16.1 Å². The van der Waals surface area contributed by atoms with Crippen LogP contribution >= 0.6 is 0 Å². The van der Waals surface area contributed by atoms with Crippen molar-refractivity contribution in [2.75, 3.05) is 18.5 Å². The van der Waals surface area contributed by atoms with Crippen molar-refractivity contribution < 1.29 is 18.7 Å². The number of halogens is 1. The number of ether oxygens (including phenoxy) is 2. The lowest BCUT2D eigenvalue weighted by Crippen LogP contribution is -2.26. The Kier molecular flexibility index (Phi) is 4.76. The Labute approximate surface area is 159 Å². The molecule has 1 aromatic heterocycles. The van der Waals surface area contributed by atoms with Crippen molar-refractivity contribution in [2.45, 2.75) is 6.54 Å². The molecular weight excluding hydrogens is 365 g/mol. The fraction of sp³-hybridized carbons (Fsp3) is 0.150. The number of benzene rings is 2. The van der Waals surface area contributed by atoms with E-state index in [1.807, 2.05) is 0 Å². The van der Waals surface area contributed by atoms with Gasteiger partial charge in [-0.1, -0.05) is 12.1 Å². The maximum absolute atomic E-state index is 13.3. The fourth-order valence-corrected chi connectivity index (χ4v) is 2.81. The number of carbonyl (C=O) groups is 1. The molecule has 2 heterocycles. The quantitative estimate of drug-likeness (QED) is 0.751. The molecule has 7 nitrogen and oxygen atoms in total. The van der Waals surface area contributed by atoms with Gasteiger partial charge in [-0.05, 0) is 35.9 Å². The second-order valence-corrected chi connectivity index (χ2v) is 6.16. The fourth-order valence-electron chi connectivity index (χ4n) is 2.81. The maximum Gasteiger partial charge on any atom is 0.276 e. The van der Waals surface area contributed by atoms with Gasteiger partial charge in [-0.3, -0.25) is 9.59 Å². The molecule has 1 amide bonds. The minimum Gasteiger partial charge on any atom is -0.486 e. The van der Waals surface area contributed by atoms with E-state index in [4.69, 9.17) is 9.47 Å². The zero-order valence-corrected chi connectivity index (χ0v) is 14.7. The van der Waals surface area contributed by atoms with Gasteiger partial charge in [0.2, 0.25) is 0 Å². The number of hydrogen-bond donors (Lipinski definition) is 1. The van der Waals surface area contributed by atoms with E-state index < -0.39 is 11.7 Å². The van der Waals surface area contributed by atoms with Gasteiger partial charge in [-0.2, -0.15) is 5.10 Å². The van der Waals surface area contributed by atoms with Crippen LogP contribution < -0.4 is 20.3 Å². The molecule has 3 aromatic rings. The van der Waals surface area contributed by atoms with Crippen molar-refractivity contribution >= 4 is 11.6 Å². The van der Waals surface area contributed by atoms with E-state index in [-0.39, 0.29) is 17.8 Å². The Morgan fingerprint density at radius 3 is 2.71 bits per heavy atom. The summed E-state index contributed by atoms with van der Waals surface area (Å²) in [5.74, 6) is 0.279. The van der Waals surface area contributed by atoms with Crippen molar-refractivity contribution in [3.05, 3.63) is 82.0 Å². The van der Waals surface area contributed by atoms with Crippen LogP contribution in [0.5, 0.6) is 11.5 Å². The SMILES string of the molecule is O=C(Nc1ccc2c(c1)OCCO2)c1ccc(=O)n(Cc2cccc(F)c2)n1. The molecule has 1 aliphatic rings. The van der Waals surface area contributed by atoms with Crippen LogP contribution in [0.4, 0.5) is 10.1 Å². The first kappa shape index (κ1) is 17.7. The third-order valence-corrected chi connectivity index (χ3v) is 4.12. The predicted molar refractivity (Wildman–Crippen MR) is 99.4 cm³/mol. The van der Waals surface area contributed by atoms with Crippen LogP contribution in [0.25, 0.3) is 0 Å². The molecule has 1 aliphatic heterocycles. The average Bonchev–Trinajstić information content (AvgIpc) is 2.69. The van der Waals surface area contributed by atoms with E-state index in [0.717, 1.165) is 4.68 Å². The Morgan fingerprint density at radius 1 is 1.07 bits per heavy atom. The number of anilines is 1. The predicted octanol–water partition coefficient (Wildman–Crippen LogP) is 2.45. The molecule has 0 atom stereocenters. The molecule has 0 bridgehead atoms. The summed E-state index contributed by atoms with van der Waals surface area (Å²) in [7, 11) is 0. The van der Waals surface area contributed by atoms with E-state index in [2.05, 4.69) is 10.4 Å². The summed E-state index contributed by atoms with van der Waals surface area (Å²) < 4.78 is 25.4. The molecular formula is C20H16FN3O4. The van der Waals surface area contributed by atoms with Gasteiger partial charge in [0.25, 0.3) is 11.5 Å². The Balaban J connectivity index is 1.54. The monoisotopic (exact) mass is 381 g/mol. The number of amides is 1. The highest BCUT2D eigenvalue weighted by Gasteiger charge is 2.15. The third kappa shape index (κ3) is 3.85. The number of carbonyl (C=O) groups excluding carboxylic acids is 1. The average molecular weight is 381 g/mol. The van der Waals surface area contributed by atoms with Crippen molar-refractivity contribution in [2.24, 2.45) is 0 Å². The molecule has 142 valence electrons. The lowest BCUT2D eigenvalue weighted by atomic mass is 10.2. The van der Waals surface area contributed by atoms with Crippen molar-refractivity contribution in [3.63, 3.8) is 0 Å². The number of hydrogen-bond acceptors (Lipinski definition) is 5. The summed E-state index contributed by atoms with van der Waals surface area (Å²) in [6.45, 7) is 0.980. The molecule has 0 saturated carbocycles. The van der Waals surface area contributed by atoms with Gasteiger partial charge in [-0.25, -0.2) is 9.07 Å². The highest BCUT2D eigenvalue weighted by molar-refractivity contribution is 6.02. The number of aromatic nitrogens is 2. The van der Waals surface area contributed by atoms with Gasteiger partial charge in [0.1, 0.15) is 24.7 Å². The number of nitrogens with zero attached hydrogens (tertiary/aromatic N) is 2. The first-order chi connectivity index (χ1) is 13.6. The summed E-state index contributed by atoms with van der Waals surface area (Å²) in [6, 6.07) is 13.5. The lowest BCUT2D eigenvalue weighted by Gasteiger charge is -2.19. The van der Waals surface area contributed by atoms with Gasteiger partial charge in [-0.15, -0.1) is 0 Å². The second kappa shape index (κ2) is 7.51. The molecule has 28 heavy (non-hydrogen) atoms. The largest absolute Gasteiger partial charge is 0.486 e. The second-order valence-electron chi connectivity index (χ2n) is 6.16.